The molecular formula is C17H20ClN5O3. The quantitative estimate of drug-likeness (QED) is 0.740. The summed E-state index contributed by atoms with van der Waals surface area (Å²) in [7, 11) is 0. The van der Waals surface area contributed by atoms with Crippen molar-refractivity contribution in [2.75, 3.05) is 36.9 Å². The number of hydrogen-bond acceptors (Lipinski definition) is 6. The summed E-state index contributed by atoms with van der Waals surface area (Å²) >= 11 is 6.05. The van der Waals surface area contributed by atoms with Crippen LogP contribution in [0.25, 0.3) is 0 Å². The van der Waals surface area contributed by atoms with Crippen LogP contribution in [0.3, 0.4) is 0 Å². The Labute approximate surface area is 156 Å². The van der Waals surface area contributed by atoms with Crippen LogP contribution in [-0.4, -0.2) is 48.4 Å². The monoisotopic (exact) mass is 377 g/mol. The number of nitrogens with zero attached hydrogens (tertiary/aromatic N) is 2. The smallest absolute Gasteiger partial charge is 0.324 e. The molecule has 3 rings (SSSR count). The average molecular weight is 378 g/mol. The predicted molar refractivity (Wildman–Crippen MR) is 99.0 cm³/mol. The van der Waals surface area contributed by atoms with E-state index in [1.165, 1.54) is 6.20 Å². The third-order valence-corrected chi connectivity index (χ3v) is 3.88. The van der Waals surface area contributed by atoms with E-state index in [1.807, 2.05) is 6.92 Å². The highest BCUT2D eigenvalue weighted by Gasteiger charge is 2.16. The van der Waals surface area contributed by atoms with Crippen LogP contribution >= 0.6 is 11.6 Å². The molecule has 0 bridgehead atoms. The van der Waals surface area contributed by atoms with Gasteiger partial charge in [-0.2, -0.15) is 0 Å². The summed E-state index contributed by atoms with van der Waals surface area (Å²) in [5.41, 5.74) is 1.26. The summed E-state index contributed by atoms with van der Waals surface area (Å²) in [6.07, 6.45) is 3.01. The normalized spacial score (nSPS) is 16.8. The molecule has 1 aliphatic heterocycles. The Hall–Kier alpha value is -2.42. The Morgan fingerprint density at radius 2 is 2.27 bits per heavy atom. The minimum Gasteiger partial charge on any atom is -0.489 e. The van der Waals surface area contributed by atoms with E-state index in [0.717, 1.165) is 18.8 Å². The van der Waals surface area contributed by atoms with E-state index in [4.69, 9.17) is 21.1 Å². The molecule has 1 unspecified atom stereocenters. The van der Waals surface area contributed by atoms with E-state index < -0.39 is 6.03 Å². The third-order valence-electron chi connectivity index (χ3n) is 3.64. The number of rotatable bonds is 5. The van der Waals surface area contributed by atoms with Gasteiger partial charge in [0.05, 0.1) is 30.4 Å². The van der Waals surface area contributed by atoms with E-state index >= 15 is 0 Å². The summed E-state index contributed by atoms with van der Waals surface area (Å²) < 4.78 is 11.4. The Morgan fingerprint density at radius 1 is 1.38 bits per heavy atom. The van der Waals surface area contributed by atoms with Crippen LogP contribution in [0, 0.1) is 6.92 Å². The van der Waals surface area contributed by atoms with Gasteiger partial charge in [-0.25, -0.2) is 9.78 Å². The van der Waals surface area contributed by atoms with Crippen molar-refractivity contribution >= 4 is 29.1 Å². The number of ether oxygens (including phenoxy) is 2. The molecule has 1 aliphatic rings. The number of carbonyl (C=O) groups excluding carboxylic acids is 1. The SMILES string of the molecule is Cc1cnc(NC(=O)Nc2ccc(Cl)cc2OCC2CNCCO2)cn1. The molecule has 3 N–H and O–H groups in total. The van der Waals surface area contributed by atoms with Gasteiger partial charge in [0.2, 0.25) is 0 Å². The first-order valence-corrected chi connectivity index (χ1v) is 8.59. The largest absolute Gasteiger partial charge is 0.489 e. The molecule has 9 heteroatoms. The number of hydrogen-bond donors (Lipinski definition) is 3. The summed E-state index contributed by atoms with van der Waals surface area (Å²) in [5.74, 6) is 0.822. The minimum atomic E-state index is -0.453. The van der Waals surface area contributed by atoms with Crippen LogP contribution < -0.4 is 20.7 Å². The second-order valence-electron chi connectivity index (χ2n) is 5.77. The fourth-order valence-electron chi connectivity index (χ4n) is 2.36. The standard InChI is InChI=1S/C17H20ClN5O3/c1-11-7-21-16(9-20-11)23-17(24)22-14-3-2-12(18)6-15(14)26-10-13-8-19-4-5-25-13/h2-3,6-7,9,13,19H,4-5,8,10H2,1H3,(H2,21,22,23,24). The molecule has 2 aromatic rings. The van der Waals surface area contributed by atoms with E-state index in [9.17, 15) is 4.79 Å². The maximum atomic E-state index is 12.2. The van der Waals surface area contributed by atoms with Crippen molar-refractivity contribution in [1.29, 1.82) is 0 Å². The van der Waals surface area contributed by atoms with Crippen molar-refractivity contribution in [2.45, 2.75) is 13.0 Å². The molecule has 1 saturated heterocycles. The number of amides is 2. The van der Waals surface area contributed by atoms with Gasteiger partial charge in [0.15, 0.2) is 5.82 Å². The van der Waals surface area contributed by atoms with Crippen molar-refractivity contribution < 1.29 is 14.3 Å². The Morgan fingerprint density at radius 3 is 3.00 bits per heavy atom. The lowest BCUT2D eigenvalue weighted by atomic mass is 10.3. The van der Waals surface area contributed by atoms with Crippen molar-refractivity contribution in [1.82, 2.24) is 15.3 Å². The second-order valence-corrected chi connectivity index (χ2v) is 6.21. The Balaban J connectivity index is 1.62. The van der Waals surface area contributed by atoms with Crippen LogP contribution in [0.1, 0.15) is 5.69 Å². The molecule has 26 heavy (non-hydrogen) atoms. The highest BCUT2D eigenvalue weighted by Crippen LogP contribution is 2.28. The highest BCUT2D eigenvalue weighted by atomic mass is 35.5. The number of nitrogens with one attached hydrogen (secondary N) is 3. The number of benzene rings is 1. The molecule has 0 saturated carbocycles. The van der Waals surface area contributed by atoms with Gasteiger partial charge in [0.25, 0.3) is 0 Å². The van der Waals surface area contributed by atoms with E-state index in [2.05, 4.69) is 25.9 Å². The molecule has 8 nitrogen and oxygen atoms in total. The van der Waals surface area contributed by atoms with Crippen molar-refractivity contribution in [3.05, 3.63) is 41.3 Å². The van der Waals surface area contributed by atoms with E-state index in [-0.39, 0.29) is 6.10 Å². The second kappa shape index (κ2) is 8.79. The maximum Gasteiger partial charge on any atom is 0.324 e. The van der Waals surface area contributed by atoms with E-state index in [0.29, 0.717) is 35.5 Å². The number of halogens is 1. The van der Waals surface area contributed by atoms with Gasteiger partial charge in [0.1, 0.15) is 18.5 Å². The lowest BCUT2D eigenvalue weighted by Crippen LogP contribution is -2.41. The number of anilines is 2. The van der Waals surface area contributed by atoms with Crippen molar-refractivity contribution in [3.63, 3.8) is 0 Å². The van der Waals surface area contributed by atoms with Gasteiger partial charge in [-0.15, -0.1) is 0 Å². The van der Waals surface area contributed by atoms with Crippen LogP contribution in [-0.2, 0) is 4.74 Å². The average Bonchev–Trinajstić information content (AvgIpc) is 2.64. The van der Waals surface area contributed by atoms with Crippen molar-refractivity contribution in [2.24, 2.45) is 0 Å². The first-order valence-electron chi connectivity index (χ1n) is 8.21. The summed E-state index contributed by atoms with van der Waals surface area (Å²) in [4.78, 5) is 20.4. The van der Waals surface area contributed by atoms with Crippen LogP contribution in [0.2, 0.25) is 5.02 Å². The number of carbonyl (C=O) groups is 1. The molecule has 1 atom stereocenters. The van der Waals surface area contributed by atoms with E-state index in [1.54, 1.807) is 24.4 Å². The number of aryl methyl sites for hydroxylation is 1. The van der Waals surface area contributed by atoms with Gasteiger partial charge in [-0.3, -0.25) is 10.3 Å². The van der Waals surface area contributed by atoms with Crippen LogP contribution in [0.15, 0.2) is 30.6 Å². The fourth-order valence-corrected chi connectivity index (χ4v) is 2.52. The predicted octanol–water partition coefficient (Wildman–Crippen LogP) is 2.45. The van der Waals surface area contributed by atoms with Crippen molar-refractivity contribution in [3.8, 4) is 5.75 Å². The zero-order valence-electron chi connectivity index (χ0n) is 14.3. The zero-order chi connectivity index (χ0) is 18.4. The number of urea groups is 1. The van der Waals surface area contributed by atoms with Gasteiger partial charge in [-0.05, 0) is 19.1 Å². The molecular weight excluding hydrogens is 358 g/mol. The highest BCUT2D eigenvalue weighted by molar-refractivity contribution is 6.30. The number of morpholine rings is 1. The van der Waals surface area contributed by atoms with Crippen LogP contribution in [0.4, 0.5) is 16.3 Å². The van der Waals surface area contributed by atoms with Gasteiger partial charge < -0.3 is 20.1 Å². The number of aromatic nitrogens is 2. The molecule has 138 valence electrons. The first-order chi connectivity index (χ1) is 12.6. The topological polar surface area (TPSA) is 97.4 Å². The fraction of sp³-hybridized carbons (Fsp3) is 0.353. The van der Waals surface area contributed by atoms with Crippen LogP contribution in [0.5, 0.6) is 5.75 Å². The van der Waals surface area contributed by atoms with Gasteiger partial charge >= 0.3 is 6.03 Å². The Bertz CT molecular complexity index is 751. The van der Waals surface area contributed by atoms with Gasteiger partial charge in [-0.1, -0.05) is 11.6 Å². The molecule has 0 radical (unpaired) electrons. The summed E-state index contributed by atoms with van der Waals surface area (Å²) in [6.45, 7) is 4.37. The third kappa shape index (κ3) is 5.29. The molecule has 1 aromatic carbocycles. The van der Waals surface area contributed by atoms with Gasteiger partial charge in [0, 0.05) is 24.2 Å². The first kappa shape index (κ1) is 18.4. The minimum absolute atomic E-state index is 0.0489. The molecule has 2 amide bonds. The molecule has 1 aromatic heterocycles. The molecule has 0 spiro atoms. The lowest BCUT2D eigenvalue weighted by Gasteiger charge is -2.24. The molecule has 2 heterocycles. The summed E-state index contributed by atoms with van der Waals surface area (Å²) in [6, 6.07) is 4.55. The summed E-state index contributed by atoms with van der Waals surface area (Å²) in [5, 5.41) is 9.10. The Kier molecular flexibility index (Phi) is 6.21. The maximum absolute atomic E-state index is 12.2. The molecule has 1 fully saturated rings. The lowest BCUT2D eigenvalue weighted by molar-refractivity contribution is 0.000352. The zero-order valence-corrected chi connectivity index (χ0v) is 15.0. The molecule has 0 aliphatic carbocycles.